The Hall–Kier alpha value is -3.15. The van der Waals surface area contributed by atoms with Gasteiger partial charge in [-0.25, -0.2) is 4.39 Å². The third-order valence-electron chi connectivity index (χ3n) is 4.86. The van der Waals surface area contributed by atoms with Gasteiger partial charge >= 0.3 is 0 Å². The first-order valence-electron chi connectivity index (χ1n) is 8.84. The summed E-state index contributed by atoms with van der Waals surface area (Å²) in [5, 5.41) is 4.02. The van der Waals surface area contributed by atoms with Crippen LogP contribution >= 0.6 is 0 Å². The standard InChI is InChI=1S/C21H19FN2O3/c1-26-15-7-4-6-14(12-15)18-13-20(27-23-18)21(25)24-11-5-10-19(24)16-8-2-3-9-17(16)22/h2-4,6-9,12-13,19H,5,10-11H2,1H3/t19-/m0/s1. The van der Waals surface area contributed by atoms with E-state index >= 15 is 0 Å². The van der Waals surface area contributed by atoms with Crippen molar-refractivity contribution >= 4 is 5.91 Å². The predicted octanol–water partition coefficient (Wildman–Crippen LogP) is 4.47. The molecule has 2 heterocycles. The van der Waals surface area contributed by atoms with Crippen LogP contribution in [-0.2, 0) is 0 Å². The van der Waals surface area contributed by atoms with Gasteiger partial charge in [0.25, 0.3) is 5.91 Å². The molecule has 4 rings (SSSR count). The van der Waals surface area contributed by atoms with Gasteiger partial charge in [0, 0.05) is 23.7 Å². The maximum absolute atomic E-state index is 14.2. The van der Waals surface area contributed by atoms with Gasteiger partial charge in [-0.15, -0.1) is 0 Å². The first-order chi connectivity index (χ1) is 13.2. The zero-order chi connectivity index (χ0) is 18.8. The van der Waals surface area contributed by atoms with E-state index in [1.54, 1.807) is 36.3 Å². The van der Waals surface area contributed by atoms with Crippen LogP contribution in [0.3, 0.4) is 0 Å². The summed E-state index contributed by atoms with van der Waals surface area (Å²) in [5.74, 6) is 0.276. The van der Waals surface area contributed by atoms with Crippen LogP contribution < -0.4 is 4.74 Å². The second-order valence-corrected chi connectivity index (χ2v) is 6.49. The highest BCUT2D eigenvalue weighted by Crippen LogP contribution is 2.35. The number of aromatic nitrogens is 1. The molecule has 3 aromatic rings. The van der Waals surface area contributed by atoms with Crippen LogP contribution in [0, 0.1) is 5.82 Å². The second kappa shape index (κ2) is 7.23. The lowest BCUT2D eigenvalue weighted by Crippen LogP contribution is -2.30. The van der Waals surface area contributed by atoms with E-state index in [9.17, 15) is 9.18 Å². The van der Waals surface area contributed by atoms with Gasteiger partial charge in [0.15, 0.2) is 0 Å². The fourth-order valence-corrected chi connectivity index (χ4v) is 3.51. The Bertz CT molecular complexity index is 969. The number of nitrogens with zero attached hydrogens (tertiary/aromatic N) is 2. The molecule has 1 aliphatic heterocycles. The van der Waals surface area contributed by atoms with E-state index in [1.807, 2.05) is 24.3 Å². The van der Waals surface area contributed by atoms with Crippen molar-refractivity contribution in [2.45, 2.75) is 18.9 Å². The van der Waals surface area contributed by atoms with Crippen molar-refractivity contribution in [3.63, 3.8) is 0 Å². The molecule has 0 saturated carbocycles. The summed E-state index contributed by atoms with van der Waals surface area (Å²) >= 11 is 0. The van der Waals surface area contributed by atoms with Crippen LogP contribution in [-0.4, -0.2) is 29.6 Å². The summed E-state index contributed by atoms with van der Waals surface area (Å²) in [6, 6.07) is 15.3. The third-order valence-corrected chi connectivity index (χ3v) is 4.86. The summed E-state index contributed by atoms with van der Waals surface area (Å²) in [4.78, 5) is 14.6. The van der Waals surface area contributed by atoms with Crippen molar-refractivity contribution in [1.82, 2.24) is 10.1 Å². The minimum absolute atomic E-state index is 0.149. The predicted molar refractivity (Wildman–Crippen MR) is 97.9 cm³/mol. The highest BCUT2D eigenvalue weighted by atomic mass is 19.1. The van der Waals surface area contributed by atoms with Crippen molar-refractivity contribution in [2.75, 3.05) is 13.7 Å². The first kappa shape index (κ1) is 17.3. The van der Waals surface area contributed by atoms with Crippen LogP contribution in [0.5, 0.6) is 5.75 Å². The van der Waals surface area contributed by atoms with Crippen molar-refractivity contribution in [3.05, 3.63) is 71.7 Å². The van der Waals surface area contributed by atoms with Crippen LogP contribution in [0.1, 0.15) is 35.0 Å². The summed E-state index contributed by atoms with van der Waals surface area (Å²) < 4.78 is 24.7. The number of ether oxygens (including phenoxy) is 1. The SMILES string of the molecule is COc1cccc(-c2cc(C(=O)N3CCC[C@H]3c3ccccc3F)on2)c1. The van der Waals surface area contributed by atoms with E-state index in [-0.39, 0.29) is 23.5 Å². The summed E-state index contributed by atoms with van der Waals surface area (Å²) in [6.45, 7) is 0.563. The number of amides is 1. The quantitative estimate of drug-likeness (QED) is 0.684. The van der Waals surface area contributed by atoms with Gasteiger partial charge in [-0.05, 0) is 31.0 Å². The van der Waals surface area contributed by atoms with E-state index in [2.05, 4.69) is 5.16 Å². The van der Waals surface area contributed by atoms with Crippen LogP contribution in [0.2, 0.25) is 0 Å². The maximum Gasteiger partial charge on any atom is 0.292 e. The van der Waals surface area contributed by atoms with E-state index in [4.69, 9.17) is 9.26 Å². The molecule has 1 fully saturated rings. The molecule has 138 valence electrons. The number of likely N-dealkylation sites (tertiary alicyclic amines) is 1. The van der Waals surface area contributed by atoms with Gasteiger partial charge in [0.2, 0.25) is 5.76 Å². The zero-order valence-corrected chi connectivity index (χ0v) is 14.9. The molecular weight excluding hydrogens is 347 g/mol. The minimum atomic E-state index is -0.295. The Morgan fingerprint density at radius 1 is 1.22 bits per heavy atom. The molecule has 0 spiro atoms. The number of benzene rings is 2. The van der Waals surface area contributed by atoms with E-state index in [1.165, 1.54) is 6.07 Å². The van der Waals surface area contributed by atoms with Crippen molar-refractivity contribution in [2.24, 2.45) is 0 Å². The van der Waals surface area contributed by atoms with Crippen molar-refractivity contribution < 1.29 is 18.4 Å². The highest BCUT2D eigenvalue weighted by molar-refractivity contribution is 5.93. The summed E-state index contributed by atoms with van der Waals surface area (Å²) in [7, 11) is 1.59. The number of hydrogen-bond donors (Lipinski definition) is 0. The minimum Gasteiger partial charge on any atom is -0.497 e. The van der Waals surface area contributed by atoms with E-state index in [0.29, 0.717) is 23.6 Å². The lowest BCUT2D eigenvalue weighted by atomic mass is 10.0. The average Bonchev–Trinajstić information content (AvgIpc) is 3.38. The number of carbonyl (C=O) groups is 1. The van der Waals surface area contributed by atoms with Gasteiger partial charge in [-0.1, -0.05) is 35.5 Å². The van der Waals surface area contributed by atoms with Gasteiger partial charge in [0.1, 0.15) is 17.3 Å². The fourth-order valence-electron chi connectivity index (χ4n) is 3.51. The monoisotopic (exact) mass is 366 g/mol. The molecule has 1 aromatic heterocycles. The van der Waals surface area contributed by atoms with Crippen LogP contribution in [0.25, 0.3) is 11.3 Å². The molecule has 6 heteroatoms. The van der Waals surface area contributed by atoms with Gasteiger partial charge in [-0.2, -0.15) is 0 Å². The normalized spacial score (nSPS) is 16.5. The molecule has 5 nitrogen and oxygen atoms in total. The molecule has 0 N–H and O–H groups in total. The second-order valence-electron chi connectivity index (χ2n) is 6.49. The number of carbonyl (C=O) groups excluding carboxylic acids is 1. The zero-order valence-electron chi connectivity index (χ0n) is 14.9. The Balaban J connectivity index is 1.59. The highest BCUT2D eigenvalue weighted by Gasteiger charge is 2.33. The maximum atomic E-state index is 14.2. The van der Waals surface area contributed by atoms with Crippen molar-refractivity contribution in [1.29, 1.82) is 0 Å². The van der Waals surface area contributed by atoms with Gasteiger partial charge < -0.3 is 14.2 Å². The number of hydrogen-bond acceptors (Lipinski definition) is 4. The molecule has 1 saturated heterocycles. The average molecular weight is 366 g/mol. The molecular formula is C21H19FN2O3. The summed E-state index contributed by atoms with van der Waals surface area (Å²) in [6.07, 6.45) is 1.55. The molecule has 1 atom stereocenters. The lowest BCUT2D eigenvalue weighted by molar-refractivity contribution is 0.0691. The first-order valence-corrected chi connectivity index (χ1v) is 8.84. The Morgan fingerprint density at radius 3 is 2.89 bits per heavy atom. The Morgan fingerprint density at radius 2 is 2.07 bits per heavy atom. The largest absolute Gasteiger partial charge is 0.497 e. The lowest BCUT2D eigenvalue weighted by Gasteiger charge is -2.24. The third kappa shape index (κ3) is 3.30. The van der Waals surface area contributed by atoms with E-state index in [0.717, 1.165) is 18.4 Å². The smallest absolute Gasteiger partial charge is 0.292 e. The molecule has 0 bridgehead atoms. The van der Waals surface area contributed by atoms with Gasteiger partial charge in [-0.3, -0.25) is 4.79 Å². The molecule has 2 aromatic carbocycles. The Labute approximate surface area is 156 Å². The number of rotatable bonds is 4. The molecule has 1 aliphatic rings. The molecule has 27 heavy (non-hydrogen) atoms. The van der Waals surface area contributed by atoms with Crippen molar-refractivity contribution in [3.8, 4) is 17.0 Å². The summed E-state index contributed by atoms with van der Waals surface area (Å²) in [5.41, 5.74) is 1.89. The van der Waals surface area contributed by atoms with Crippen LogP contribution in [0.4, 0.5) is 4.39 Å². The molecule has 0 unspecified atom stereocenters. The fraction of sp³-hybridized carbons (Fsp3) is 0.238. The van der Waals surface area contributed by atoms with Gasteiger partial charge in [0.05, 0.1) is 13.2 Å². The molecule has 0 aliphatic carbocycles. The number of methoxy groups -OCH3 is 1. The Kier molecular flexibility index (Phi) is 4.62. The molecule has 1 amide bonds. The molecule has 0 radical (unpaired) electrons. The van der Waals surface area contributed by atoms with E-state index < -0.39 is 0 Å². The number of halogens is 1. The topological polar surface area (TPSA) is 55.6 Å². The van der Waals surface area contributed by atoms with Crippen LogP contribution in [0.15, 0.2) is 59.1 Å².